The van der Waals surface area contributed by atoms with Crippen LogP contribution in [0.5, 0.6) is 0 Å². The van der Waals surface area contributed by atoms with E-state index in [9.17, 15) is 14.0 Å². The zero-order chi connectivity index (χ0) is 22.8. The quantitative estimate of drug-likeness (QED) is 0.434. The Bertz CT molecular complexity index is 1380. The summed E-state index contributed by atoms with van der Waals surface area (Å²) in [6.45, 7) is 4.00. The molecule has 2 heterocycles. The van der Waals surface area contributed by atoms with Crippen LogP contribution in [0.2, 0.25) is 0 Å². The van der Waals surface area contributed by atoms with Gasteiger partial charge in [-0.2, -0.15) is 0 Å². The molecule has 7 nitrogen and oxygen atoms in total. The highest BCUT2D eigenvalue weighted by Gasteiger charge is 2.16. The number of halogens is 1. The molecule has 0 saturated heterocycles. The van der Waals surface area contributed by atoms with Gasteiger partial charge in [-0.1, -0.05) is 18.2 Å². The van der Waals surface area contributed by atoms with Crippen molar-refractivity contribution in [2.75, 3.05) is 16.4 Å². The van der Waals surface area contributed by atoms with Crippen molar-refractivity contribution < 1.29 is 9.18 Å². The Hall–Kier alpha value is -4.20. The molecule has 0 saturated carbocycles. The Kier molecular flexibility index (Phi) is 5.59. The second-order valence-corrected chi connectivity index (χ2v) is 7.37. The van der Waals surface area contributed by atoms with Crippen LogP contribution in [-0.4, -0.2) is 15.6 Å². The number of nitrogens with one attached hydrogen (secondary N) is 2. The second-order valence-electron chi connectivity index (χ2n) is 7.37. The molecule has 2 amide bonds. The molecule has 4 rings (SSSR count). The number of nitrogens with zero attached hydrogens (tertiary/aromatic N) is 2. The number of urea groups is 1. The topological polar surface area (TPSA) is 102 Å². The summed E-state index contributed by atoms with van der Waals surface area (Å²) in [6.07, 6.45) is 1.60. The Balaban J connectivity index is 1.77. The number of carbonyl (C=O) groups is 1. The highest BCUT2D eigenvalue weighted by atomic mass is 19.1. The van der Waals surface area contributed by atoms with Crippen molar-refractivity contribution in [1.82, 2.24) is 9.55 Å². The molecule has 2 aromatic carbocycles. The summed E-state index contributed by atoms with van der Waals surface area (Å²) >= 11 is 0. The summed E-state index contributed by atoms with van der Waals surface area (Å²) in [5, 5.41) is 5.91. The lowest BCUT2D eigenvalue weighted by Crippen LogP contribution is -2.22. The number of amides is 2. The molecule has 2 aromatic heterocycles. The first-order valence-electron chi connectivity index (χ1n) is 10.1. The van der Waals surface area contributed by atoms with Crippen molar-refractivity contribution in [1.29, 1.82) is 0 Å². The highest BCUT2D eigenvalue weighted by Crippen LogP contribution is 2.29. The minimum absolute atomic E-state index is 0.0305. The normalized spacial score (nSPS) is 10.8. The van der Waals surface area contributed by atoms with Gasteiger partial charge in [-0.15, -0.1) is 0 Å². The summed E-state index contributed by atoms with van der Waals surface area (Å²) in [5.74, 6) is -0.277. The SMILES string of the molecule is CCn1c(=O)c(-c2cc(NC(=O)Nc3ccccc3)c(F)cc2C)cc2cnc(N)cc21. The lowest BCUT2D eigenvalue weighted by Gasteiger charge is -2.15. The van der Waals surface area contributed by atoms with Gasteiger partial charge in [-0.25, -0.2) is 14.2 Å². The van der Waals surface area contributed by atoms with Crippen LogP contribution >= 0.6 is 0 Å². The molecule has 0 radical (unpaired) electrons. The number of aromatic nitrogens is 2. The smallest absolute Gasteiger partial charge is 0.323 e. The van der Waals surface area contributed by atoms with Gasteiger partial charge in [0.15, 0.2) is 0 Å². The number of rotatable bonds is 4. The maximum absolute atomic E-state index is 14.6. The molecule has 4 N–H and O–H groups in total. The Labute approximate surface area is 183 Å². The maximum atomic E-state index is 14.6. The van der Waals surface area contributed by atoms with E-state index >= 15 is 0 Å². The zero-order valence-corrected chi connectivity index (χ0v) is 17.6. The second kappa shape index (κ2) is 8.50. The third-order valence-electron chi connectivity index (χ3n) is 5.20. The van der Waals surface area contributed by atoms with Gasteiger partial charge in [0.05, 0.1) is 11.2 Å². The van der Waals surface area contributed by atoms with Crippen LogP contribution in [0.25, 0.3) is 22.0 Å². The molecule has 0 spiro atoms. The minimum Gasteiger partial charge on any atom is -0.384 e. The van der Waals surface area contributed by atoms with Crippen molar-refractivity contribution in [2.24, 2.45) is 0 Å². The van der Waals surface area contributed by atoms with Gasteiger partial charge in [0, 0.05) is 35.4 Å². The summed E-state index contributed by atoms with van der Waals surface area (Å²) < 4.78 is 16.2. The lowest BCUT2D eigenvalue weighted by molar-refractivity contribution is 0.262. The first kappa shape index (κ1) is 21.0. The fraction of sp³-hybridized carbons (Fsp3) is 0.125. The number of nitrogens with two attached hydrogens (primary N) is 1. The predicted octanol–water partition coefficient (Wildman–Crippen LogP) is 4.76. The number of anilines is 3. The fourth-order valence-corrected chi connectivity index (χ4v) is 3.66. The van der Waals surface area contributed by atoms with Gasteiger partial charge < -0.3 is 20.9 Å². The van der Waals surface area contributed by atoms with Crippen LogP contribution in [-0.2, 0) is 6.54 Å². The summed E-state index contributed by atoms with van der Waals surface area (Å²) in [7, 11) is 0. The number of nitrogen functional groups attached to an aromatic ring is 1. The number of benzene rings is 2. The number of pyridine rings is 2. The Morgan fingerprint density at radius 1 is 1.09 bits per heavy atom. The number of carbonyl (C=O) groups excluding carboxylic acids is 1. The summed E-state index contributed by atoms with van der Waals surface area (Å²) in [6, 6.07) is 14.4. The Morgan fingerprint density at radius 3 is 2.56 bits per heavy atom. The van der Waals surface area contributed by atoms with Crippen molar-refractivity contribution in [3.8, 4) is 11.1 Å². The van der Waals surface area contributed by atoms with Crippen molar-refractivity contribution in [3.63, 3.8) is 0 Å². The number of hydrogen-bond acceptors (Lipinski definition) is 4. The third-order valence-corrected chi connectivity index (χ3v) is 5.20. The molecule has 162 valence electrons. The molecule has 0 aliphatic carbocycles. The van der Waals surface area contributed by atoms with Crippen LogP contribution in [0.15, 0.2) is 65.6 Å². The molecule has 8 heteroatoms. The van der Waals surface area contributed by atoms with Crippen molar-refractivity contribution in [2.45, 2.75) is 20.4 Å². The molecule has 0 bridgehead atoms. The third kappa shape index (κ3) is 4.02. The average Bonchev–Trinajstić information content (AvgIpc) is 2.76. The van der Waals surface area contributed by atoms with E-state index in [2.05, 4.69) is 15.6 Å². The van der Waals surface area contributed by atoms with Crippen molar-refractivity contribution in [3.05, 3.63) is 82.5 Å². The molecule has 0 fully saturated rings. The predicted molar refractivity (Wildman–Crippen MR) is 125 cm³/mol. The van der Waals surface area contributed by atoms with E-state index in [0.717, 1.165) is 5.39 Å². The number of para-hydroxylation sites is 1. The van der Waals surface area contributed by atoms with E-state index in [1.165, 1.54) is 12.1 Å². The van der Waals surface area contributed by atoms with Gasteiger partial charge in [0.25, 0.3) is 5.56 Å². The zero-order valence-electron chi connectivity index (χ0n) is 17.6. The first-order valence-corrected chi connectivity index (χ1v) is 10.1. The van der Waals surface area contributed by atoms with Gasteiger partial charge >= 0.3 is 6.03 Å². The summed E-state index contributed by atoms with van der Waals surface area (Å²) in [4.78, 5) is 29.7. The number of fused-ring (bicyclic) bond motifs is 1. The Morgan fingerprint density at radius 2 is 1.84 bits per heavy atom. The van der Waals surface area contributed by atoms with Gasteiger partial charge in [-0.05, 0) is 55.3 Å². The van der Waals surface area contributed by atoms with Crippen LogP contribution in [0.4, 0.5) is 26.4 Å². The minimum atomic E-state index is -0.597. The molecular weight excluding hydrogens is 409 g/mol. The van der Waals surface area contributed by atoms with Crippen LogP contribution in [0.1, 0.15) is 12.5 Å². The van der Waals surface area contributed by atoms with Gasteiger partial charge in [-0.3, -0.25) is 4.79 Å². The molecular formula is C24H22FN5O2. The average molecular weight is 431 g/mol. The van der Waals surface area contributed by atoms with E-state index in [4.69, 9.17) is 5.73 Å². The molecule has 0 unspecified atom stereocenters. The van der Waals surface area contributed by atoms with Gasteiger partial charge in [0.1, 0.15) is 11.6 Å². The monoisotopic (exact) mass is 431 g/mol. The van der Waals surface area contributed by atoms with Crippen molar-refractivity contribution >= 4 is 34.1 Å². The number of hydrogen-bond donors (Lipinski definition) is 3. The fourth-order valence-electron chi connectivity index (χ4n) is 3.66. The summed E-state index contributed by atoms with van der Waals surface area (Å²) in [5.41, 5.74) is 8.25. The molecule has 32 heavy (non-hydrogen) atoms. The van der Waals surface area contributed by atoms with E-state index in [1.807, 2.05) is 13.0 Å². The van der Waals surface area contributed by atoms with E-state index in [0.29, 0.717) is 40.3 Å². The van der Waals surface area contributed by atoms with E-state index in [1.54, 1.807) is 54.1 Å². The first-order chi connectivity index (χ1) is 15.4. The van der Waals surface area contributed by atoms with Crippen LogP contribution in [0.3, 0.4) is 0 Å². The standard InChI is InChI=1S/C24H22FN5O2/c1-3-30-21-12-22(26)27-13-15(21)10-18(23(30)31)17-11-20(19(25)9-14(17)2)29-24(32)28-16-7-5-4-6-8-16/h4-13H,3H2,1-2H3,(H2,26,27)(H2,28,29,32). The lowest BCUT2D eigenvalue weighted by atomic mass is 9.99. The molecule has 0 atom stereocenters. The molecule has 0 aliphatic rings. The van der Waals surface area contributed by atoms with Crippen LogP contribution < -0.4 is 21.9 Å². The van der Waals surface area contributed by atoms with Crippen LogP contribution in [0, 0.1) is 12.7 Å². The van der Waals surface area contributed by atoms with Gasteiger partial charge in [0.2, 0.25) is 0 Å². The maximum Gasteiger partial charge on any atom is 0.323 e. The highest BCUT2D eigenvalue weighted by molar-refractivity contribution is 6.00. The van der Waals surface area contributed by atoms with E-state index < -0.39 is 11.8 Å². The largest absolute Gasteiger partial charge is 0.384 e. The number of aryl methyl sites for hydroxylation is 2. The molecule has 4 aromatic rings. The molecule has 0 aliphatic heterocycles. The van der Waals surface area contributed by atoms with E-state index in [-0.39, 0.29) is 11.2 Å².